The number of rotatable bonds is 3. The van der Waals surface area contributed by atoms with Crippen LogP contribution < -0.4 is 5.32 Å². The zero-order chi connectivity index (χ0) is 14.0. The van der Waals surface area contributed by atoms with Gasteiger partial charge >= 0.3 is 6.09 Å². The number of epoxide rings is 1. The summed E-state index contributed by atoms with van der Waals surface area (Å²) in [5, 5.41) is 2.79. The minimum Gasteiger partial charge on any atom is -0.444 e. The van der Waals surface area contributed by atoms with Crippen LogP contribution >= 0.6 is 15.9 Å². The van der Waals surface area contributed by atoms with E-state index in [1.807, 2.05) is 39.0 Å². The van der Waals surface area contributed by atoms with E-state index in [-0.39, 0.29) is 6.10 Å². The highest BCUT2D eigenvalue weighted by Crippen LogP contribution is 2.26. The predicted molar refractivity (Wildman–Crippen MR) is 77.4 cm³/mol. The third kappa shape index (κ3) is 4.84. The molecule has 0 bridgehead atoms. The lowest BCUT2D eigenvalue weighted by Crippen LogP contribution is -2.27. The van der Waals surface area contributed by atoms with Gasteiger partial charge in [-0.25, -0.2) is 4.79 Å². The van der Waals surface area contributed by atoms with Crippen LogP contribution in [0.5, 0.6) is 0 Å². The summed E-state index contributed by atoms with van der Waals surface area (Å²) in [6.45, 7) is 6.31. The van der Waals surface area contributed by atoms with Gasteiger partial charge in [-0.05, 0) is 38.5 Å². The average molecular weight is 328 g/mol. The molecule has 0 spiro atoms. The molecule has 1 amide bonds. The van der Waals surface area contributed by atoms with Gasteiger partial charge in [0, 0.05) is 16.6 Å². The first-order chi connectivity index (χ1) is 8.83. The van der Waals surface area contributed by atoms with Gasteiger partial charge in [0.1, 0.15) is 5.60 Å². The Labute approximate surface area is 121 Å². The Hall–Kier alpha value is -1.07. The number of hydrogen-bond acceptors (Lipinski definition) is 3. The van der Waals surface area contributed by atoms with Gasteiger partial charge < -0.3 is 9.47 Å². The molecule has 19 heavy (non-hydrogen) atoms. The highest BCUT2D eigenvalue weighted by Gasteiger charge is 2.24. The molecule has 1 aromatic carbocycles. The molecule has 1 N–H and O–H groups in total. The van der Waals surface area contributed by atoms with Crippen molar-refractivity contribution < 1.29 is 14.3 Å². The maximum Gasteiger partial charge on any atom is 0.412 e. The number of nitrogens with one attached hydrogen (secondary N) is 1. The number of carbonyl (C=O) groups is 1. The standard InChI is InChI=1S/C14H18BrNO3/c1-14(2,3)19-13(17)16-12-7-10(15)5-4-9(12)6-11-8-18-11/h4-5,7,11H,6,8H2,1-3H3,(H,16,17). The summed E-state index contributed by atoms with van der Waals surface area (Å²) in [5.41, 5.74) is 1.31. The van der Waals surface area contributed by atoms with E-state index < -0.39 is 11.7 Å². The number of hydrogen-bond donors (Lipinski definition) is 1. The number of benzene rings is 1. The first kappa shape index (κ1) is 14.3. The van der Waals surface area contributed by atoms with Crippen LogP contribution in [0.3, 0.4) is 0 Å². The van der Waals surface area contributed by atoms with Crippen LogP contribution in [0.4, 0.5) is 10.5 Å². The van der Waals surface area contributed by atoms with Gasteiger partial charge in [0.2, 0.25) is 0 Å². The number of halogens is 1. The fraction of sp³-hybridized carbons (Fsp3) is 0.500. The zero-order valence-electron chi connectivity index (χ0n) is 11.3. The third-order valence-electron chi connectivity index (χ3n) is 2.56. The second-order valence-corrected chi connectivity index (χ2v) is 6.50. The summed E-state index contributed by atoms with van der Waals surface area (Å²) in [7, 11) is 0. The smallest absolute Gasteiger partial charge is 0.412 e. The van der Waals surface area contributed by atoms with Crippen molar-refractivity contribution in [3.8, 4) is 0 Å². The lowest BCUT2D eigenvalue weighted by atomic mass is 10.1. The van der Waals surface area contributed by atoms with Crippen molar-refractivity contribution in [2.75, 3.05) is 11.9 Å². The summed E-state index contributed by atoms with van der Waals surface area (Å²) in [5.74, 6) is 0. The molecule has 1 heterocycles. The van der Waals surface area contributed by atoms with Gasteiger partial charge in [-0.3, -0.25) is 5.32 Å². The van der Waals surface area contributed by atoms with E-state index >= 15 is 0 Å². The first-order valence-electron chi connectivity index (χ1n) is 6.23. The van der Waals surface area contributed by atoms with Gasteiger partial charge in [0.15, 0.2) is 0 Å². The van der Waals surface area contributed by atoms with E-state index in [1.54, 1.807) is 0 Å². The quantitative estimate of drug-likeness (QED) is 0.860. The van der Waals surface area contributed by atoms with Crippen LogP contribution in [-0.4, -0.2) is 24.4 Å². The van der Waals surface area contributed by atoms with Crippen LogP contribution in [0.1, 0.15) is 26.3 Å². The van der Waals surface area contributed by atoms with Crippen molar-refractivity contribution in [1.82, 2.24) is 0 Å². The molecule has 4 nitrogen and oxygen atoms in total. The third-order valence-corrected chi connectivity index (χ3v) is 3.05. The predicted octanol–water partition coefficient (Wildman–Crippen LogP) is 3.74. The molecule has 2 rings (SSSR count). The van der Waals surface area contributed by atoms with Crippen LogP contribution in [0.25, 0.3) is 0 Å². The Morgan fingerprint density at radius 1 is 1.53 bits per heavy atom. The summed E-state index contributed by atoms with van der Waals surface area (Å²) in [4.78, 5) is 11.8. The average Bonchev–Trinajstić information content (AvgIpc) is 3.03. The number of carbonyl (C=O) groups excluding carboxylic acids is 1. The molecule has 1 aromatic rings. The van der Waals surface area contributed by atoms with Gasteiger partial charge in [-0.2, -0.15) is 0 Å². The minimum absolute atomic E-state index is 0.278. The van der Waals surface area contributed by atoms with Crippen molar-refractivity contribution in [1.29, 1.82) is 0 Å². The molecule has 1 fully saturated rings. The number of ether oxygens (including phenoxy) is 2. The molecular weight excluding hydrogens is 310 g/mol. The maximum atomic E-state index is 11.8. The maximum absolute atomic E-state index is 11.8. The normalized spacial score (nSPS) is 18.0. The molecule has 0 aromatic heterocycles. The van der Waals surface area contributed by atoms with Crippen molar-refractivity contribution >= 4 is 27.7 Å². The first-order valence-corrected chi connectivity index (χ1v) is 7.03. The SMILES string of the molecule is CC(C)(C)OC(=O)Nc1cc(Br)ccc1CC1CO1. The molecule has 1 unspecified atom stereocenters. The van der Waals surface area contributed by atoms with E-state index in [0.717, 1.165) is 28.8 Å². The second-order valence-electron chi connectivity index (χ2n) is 5.59. The Kier molecular flexibility index (Phi) is 4.16. The van der Waals surface area contributed by atoms with E-state index in [4.69, 9.17) is 9.47 Å². The Morgan fingerprint density at radius 3 is 2.79 bits per heavy atom. The highest BCUT2D eigenvalue weighted by molar-refractivity contribution is 9.10. The Balaban J connectivity index is 2.08. The van der Waals surface area contributed by atoms with Crippen LogP contribution in [0, 0.1) is 0 Å². The highest BCUT2D eigenvalue weighted by atomic mass is 79.9. The van der Waals surface area contributed by atoms with Gasteiger partial charge in [-0.15, -0.1) is 0 Å². The van der Waals surface area contributed by atoms with Crippen molar-refractivity contribution in [2.24, 2.45) is 0 Å². The number of amides is 1. The second kappa shape index (κ2) is 5.51. The van der Waals surface area contributed by atoms with E-state index in [9.17, 15) is 4.79 Å². The van der Waals surface area contributed by atoms with Gasteiger partial charge in [0.05, 0.1) is 12.7 Å². The molecule has 5 heteroatoms. The lowest BCUT2D eigenvalue weighted by Gasteiger charge is -2.20. The largest absolute Gasteiger partial charge is 0.444 e. The van der Waals surface area contributed by atoms with E-state index in [0.29, 0.717) is 0 Å². The molecule has 0 saturated carbocycles. The van der Waals surface area contributed by atoms with Crippen LogP contribution in [-0.2, 0) is 15.9 Å². The fourth-order valence-electron chi connectivity index (χ4n) is 1.69. The molecule has 1 atom stereocenters. The Bertz CT molecular complexity index is 478. The molecular formula is C14H18BrNO3. The monoisotopic (exact) mass is 327 g/mol. The molecule has 1 aliphatic heterocycles. The molecule has 0 aliphatic carbocycles. The summed E-state index contributed by atoms with van der Waals surface area (Å²) in [6, 6.07) is 5.82. The lowest BCUT2D eigenvalue weighted by molar-refractivity contribution is 0.0635. The fourth-order valence-corrected chi connectivity index (χ4v) is 2.05. The van der Waals surface area contributed by atoms with Crippen LogP contribution in [0.15, 0.2) is 22.7 Å². The zero-order valence-corrected chi connectivity index (χ0v) is 12.9. The summed E-state index contributed by atoms with van der Waals surface area (Å²) >= 11 is 3.41. The minimum atomic E-state index is -0.504. The van der Waals surface area contributed by atoms with Crippen molar-refractivity contribution in [2.45, 2.75) is 38.9 Å². The molecule has 0 radical (unpaired) electrons. The molecule has 1 saturated heterocycles. The van der Waals surface area contributed by atoms with Crippen LogP contribution in [0.2, 0.25) is 0 Å². The van der Waals surface area contributed by atoms with E-state index in [2.05, 4.69) is 21.2 Å². The molecule has 1 aliphatic rings. The van der Waals surface area contributed by atoms with E-state index in [1.165, 1.54) is 0 Å². The van der Waals surface area contributed by atoms with Crippen molar-refractivity contribution in [3.63, 3.8) is 0 Å². The molecule has 104 valence electrons. The summed E-state index contributed by atoms with van der Waals surface area (Å²) < 4.78 is 11.4. The van der Waals surface area contributed by atoms with Gasteiger partial charge in [-0.1, -0.05) is 22.0 Å². The Morgan fingerprint density at radius 2 is 2.21 bits per heavy atom. The van der Waals surface area contributed by atoms with Gasteiger partial charge in [0.25, 0.3) is 0 Å². The number of anilines is 1. The van der Waals surface area contributed by atoms with Crippen molar-refractivity contribution in [3.05, 3.63) is 28.2 Å². The summed E-state index contributed by atoms with van der Waals surface area (Å²) in [6.07, 6.45) is 0.641. The topological polar surface area (TPSA) is 50.9 Å².